The molecule has 0 aliphatic carbocycles. The molecule has 0 unspecified atom stereocenters. The van der Waals surface area contributed by atoms with Crippen LogP contribution < -0.4 is 119 Å². The quantitative estimate of drug-likeness (QED) is 0.0740. The molecule has 0 aromatic carbocycles. The molecule has 15 nitrogen and oxygen atoms in total. The largest absolute Gasteiger partial charge is 1.00 e. The van der Waals surface area contributed by atoms with Gasteiger partial charge in [0, 0.05) is 60.3 Å². The zero-order valence-electron chi connectivity index (χ0n) is 39.6. The summed E-state index contributed by atoms with van der Waals surface area (Å²) in [7, 11) is 0. The molecular weight excluding hydrogens is 971 g/mol. The van der Waals surface area contributed by atoms with E-state index < -0.39 is 5.60 Å². The van der Waals surface area contributed by atoms with Gasteiger partial charge in [-0.05, 0) is 130 Å². The molecule has 1 N–H and O–H groups in total. The number of nitrogens with zero attached hydrogens (tertiary/aromatic N) is 3. The van der Waals surface area contributed by atoms with E-state index in [4.69, 9.17) is 19.5 Å². The predicted octanol–water partition coefficient (Wildman–Crippen LogP) is 1.91. The topological polar surface area (TPSA) is 197 Å². The normalized spacial score (nSPS) is 14.3. The molecule has 0 radical (unpaired) electrons. The second-order valence-electron chi connectivity index (χ2n) is 16.9. The summed E-state index contributed by atoms with van der Waals surface area (Å²) in [5.74, 6) is 0.895. The number of ether oxygens (including phenoxy) is 2. The molecule has 0 bridgehead atoms. The van der Waals surface area contributed by atoms with Crippen molar-refractivity contribution in [3.8, 4) is 0 Å². The minimum atomic E-state index is -0.498. The Morgan fingerprint density at radius 3 is 1.65 bits per heavy atom. The number of carbonyl (C=O) groups excluding carboxylic acids is 5. The smallest absolute Gasteiger partial charge is 1.00 e. The van der Waals surface area contributed by atoms with Crippen LogP contribution >= 0.6 is 38.6 Å². The average Bonchev–Trinajstić information content (AvgIpc) is 3.86. The fourth-order valence-electron chi connectivity index (χ4n) is 6.90. The van der Waals surface area contributed by atoms with Gasteiger partial charge >= 0.3 is 115 Å². The average molecular weight is 1030 g/mol. The van der Waals surface area contributed by atoms with E-state index in [9.17, 15) is 28.8 Å². The Hall–Kier alpha value is -1.12. The predicted molar refractivity (Wildman–Crippen MR) is 241 cm³/mol. The van der Waals surface area contributed by atoms with E-state index in [1.54, 1.807) is 23.3 Å². The number of aromatic nitrogens is 2. The number of ketones is 2. The number of alkyl halides is 1. The molecule has 4 aromatic heterocycles. The zero-order chi connectivity index (χ0) is 45.8. The molecule has 4 aromatic rings. The summed E-state index contributed by atoms with van der Waals surface area (Å²) in [5.41, 5.74) is 2.55. The summed E-state index contributed by atoms with van der Waals surface area (Å²) >= 11 is 6.46. The Balaban J connectivity index is 0.000000938. The number of H-pyrrole nitrogens is 1. The first-order chi connectivity index (χ1) is 28.5. The molecule has 2 fully saturated rings. The van der Waals surface area contributed by atoms with Gasteiger partial charge in [-0.1, -0.05) is 15.9 Å². The van der Waals surface area contributed by atoms with E-state index in [0.29, 0.717) is 53.7 Å². The summed E-state index contributed by atoms with van der Waals surface area (Å²) in [6.45, 7) is 21.0. The minimum absolute atomic E-state index is 0. The van der Waals surface area contributed by atoms with Crippen LogP contribution in [0.2, 0.25) is 0 Å². The second-order valence-corrected chi connectivity index (χ2v) is 19.4. The number of pyridine rings is 2. The molecule has 63 heavy (non-hydrogen) atoms. The monoisotopic (exact) mass is 1030 g/mol. The van der Waals surface area contributed by atoms with Gasteiger partial charge in [-0.2, -0.15) is 0 Å². The Morgan fingerprint density at radius 2 is 1.22 bits per heavy atom. The van der Waals surface area contributed by atoms with Gasteiger partial charge in [0.25, 0.3) is 17.6 Å². The second kappa shape index (κ2) is 27.6. The number of Topliss-reactive ketones (excluding diaryl/α,β-unsaturated/α-hetero) is 2. The standard InChI is InChI=1S/C21H28N2O4S.C11H20BrNO2.C10H9NO2S.CH2O3.2K.H/c1-13-17(14(2)24)18-16(8-11-28-18)23(19(13)25)12-15-6-9-22(10-7-15)20(26)27-21(3,4)5;1-11(2,3)15-10(14)13-6-4-9(8-12)5-7-13;1-5-8(6(2)12)9-7(3-4-14-9)11-10(5)13;2-1-4-3;;;/h8,11,15H,6-7,9-10,12H2,1-5H3;9H,4-8H2,1-3H3;3-4H,1-2H3,(H,11,13);1,3H;;;/q;;;;2*+1;-1/p-1. The first-order valence-corrected chi connectivity index (χ1v) is 22.9. The van der Waals surface area contributed by atoms with Crippen LogP contribution in [-0.4, -0.2) is 92.3 Å². The first-order valence-electron chi connectivity index (χ1n) is 20.0. The molecule has 20 heteroatoms. The van der Waals surface area contributed by atoms with Crippen LogP contribution in [0.1, 0.15) is 114 Å². The number of hydrogen-bond acceptors (Lipinski definition) is 13. The third-order valence-electron chi connectivity index (χ3n) is 9.89. The molecule has 2 aliphatic rings. The molecule has 2 aliphatic heterocycles. The van der Waals surface area contributed by atoms with Gasteiger partial charge in [0.1, 0.15) is 11.2 Å². The van der Waals surface area contributed by atoms with Crippen LogP contribution in [0.3, 0.4) is 0 Å². The molecule has 6 rings (SSSR count). The summed E-state index contributed by atoms with van der Waals surface area (Å²) < 4.78 is 14.3. The maximum absolute atomic E-state index is 12.9. The molecule has 0 spiro atoms. The van der Waals surface area contributed by atoms with E-state index in [-0.39, 0.29) is 151 Å². The fraction of sp³-hybridized carbons (Fsp3) is 0.558. The van der Waals surface area contributed by atoms with Crippen molar-refractivity contribution < 1.29 is 148 Å². The first kappa shape index (κ1) is 59.9. The van der Waals surface area contributed by atoms with Crippen molar-refractivity contribution in [3.63, 3.8) is 0 Å². The maximum atomic E-state index is 12.9. The number of thiophene rings is 2. The van der Waals surface area contributed by atoms with E-state index in [1.165, 1.54) is 36.5 Å². The van der Waals surface area contributed by atoms with Crippen molar-refractivity contribution in [1.82, 2.24) is 19.4 Å². The SMILES string of the molecule is CC(=O)c1c(C)c(=O)[nH]c2ccsc12.CC(=O)c1c(C)c(=O)n(CC2CCN(C(=O)OC(C)(C)C)CC2)c2ccsc12.CC(C)(C)OC(=O)N1CCC(CBr)CC1.O=CO[O-].[H-].[K+].[K+]. The van der Waals surface area contributed by atoms with Crippen molar-refractivity contribution in [2.75, 3.05) is 31.5 Å². The van der Waals surface area contributed by atoms with Crippen LogP contribution in [0, 0.1) is 25.7 Å². The minimum Gasteiger partial charge on any atom is -1.00 e. The van der Waals surface area contributed by atoms with Gasteiger partial charge in [-0.15, -0.1) is 22.7 Å². The summed E-state index contributed by atoms with van der Waals surface area (Å²) in [6.07, 6.45) is 3.35. The number of fused-ring (bicyclic) bond motifs is 2. The Kier molecular flexibility index (Phi) is 26.3. The van der Waals surface area contributed by atoms with E-state index in [0.717, 1.165) is 64.5 Å². The molecule has 2 amide bonds. The molecule has 0 atom stereocenters. The van der Waals surface area contributed by atoms with E-state index in [1.807, 2.05) is 69.3 Å². The van der Waals surface area contributed by atoms with Gasteiger partial charge in [0.15, 0.2) is 11.6 Å². The van der Waals surface area contributed by atoms with Crippen LogP contribution in [0.25, 0.3) is 20.4 Å². The van der Waals surface area contributed by atoms with E-state index in [2.05, 4.69) is 25.8 Å². The molecule has 0 saturated carbocycles. The van der Waals surface area contributed by atoms with Gasteiger partial charge in [-0.25, -0.2) is 9.59 Å². The Bertz CT molecular complexity index is 2290. The van der Waals surface area contributed by atoms with Crippen LogP contribution in [0.4, 0.5) is 9.59 Å². The number of nitrogens with one attached hydrogen (secondary N) is 1. The van der Waals surface area contributed by atoms with Crippen LogP contribution in [0.15, 0.2) is 32.5 Å². The van der Waals surface area contributed by atoms with Gasteiger partial charge in [0.05, 0.1) is 20.4 Å². The van der Waals surface area contributed by atoms with Gasteiger partial charge in [0.2, 0.25) is 0 Å². The van der Waals surface area contributed by atoms with Crippen molar-refractivity contribution in [1.29, 1.82) is 0 Å². The van der Waals surface area contributed by atoms with Crippen molar-refractivity contribution in [2.24, 2.45) is 11.8 Å². The number of rotatable bonds is 6. The Morgan fingerprint density at radius 1 is 0.794 bits per heavy atom. The van der Waals surface area contributed by atoms with Crippen molar-refractivity contribution in [3.05, 3.63) is 65.9 Å². The molecule has 338 valence electrons. The van der Waals surface area contributed by atoms with E-state index >= 15 is 0 Å². The number of aromatic amines is 1. The number of hydrogen-bond donors (Lipinski definition) is 1. The van der Waals surface area contributed by atoms with Crippen LogP contribution in [0.5, 0.6) is 0 Å². The third kappa shape index (κ3) is 18.1. The Labute approximate surface area is 471 Å². The maximum Gasteiger partial charge on any atom is 1.00 e. The molecule has 2 saturated heterocycles. The third-order valence-corrected chi connectivity index (χ3v) is 12.7. The number of halogens is 1. The van der Waals surface area contributed by atoms with Crippen molar-refractivity contribution >= 4 is 89.3 Å². The van der Waals surface area contributed by atoms with Gasteiger partial charge in [-0.3, -0.25) is 24.0 Å². The van der Waals surface area contributed by atoms with Crippen molar-refractivity contribution in [2.45, 2.75) is 113 Å². The fourth-order valence-corrected chi connectivity index (χ4v) is 9.60. The number of piperidine rings is 2. The molecular formula is C43H59BrK2N4O11S2. The zero-order valence-corrected chi connectivity index (χ0v) is 48.1. The summed E-state index contributed by atoms with van der Waals surface area (Å²) in [4.78, 5) is 89.3. The summed E-state index contributed by atoms with van der Waals surface area (Å²) in [6, 6.07) is 3.73. The van der Waals surface area contributed by atoms with Crippen LogP contribution in [-0.2, 0) is 25.7 Å². The van der Waals surface area contributed by atoms with Gasteiger partial charge < -0.3 is 40.4 Å². The number of likely N-dealkylation sites (tertiary alicyclic amines) is 2. The number of amides is 2. The molecule has 6 heterocycles. The number of carbonyl (C=O) groups is 5. The summed E-state index contributed by atoms with van der Waals surface area (Å²) in [5, 5.41) is 13.3.